The van der Waals surface area contributed by atoms with Crippen molar-refractivity contribution in [2.75, 3.05) is 56.2 Å². The van der Waals surface area contributed by atoms with Crippen LogP contribution in [0.1, 0.15) is 18.4 Å². The lowest BCUT2D eigenvalue weighted by atomic mass is 9.95. The van der Waals surface area contributed by atoms with Gasteiger partial charge in [-0.15, -0.1) is 0 Å². The zero-order chi connectivity index (χ0) is 21.9. The quantitative estimate of drug-likeness (QED) is 0.612. The Morgan fingerprint density at radius 3 is 2.50 bits per heavy atom. The largest absolute Gasteiger partial charge is 0.423 e. The predicted octanol–water partition coefficient (Wildman–Crippen LogP) is 3.54. The molecule has 0 N–H and O–H groups in total. The average molecular weight is 435 g/mol. The second kappa shape index (κ2) is 9.20. The number of piperidine rings is 1. The van der Waals surface area contributed by atoms with Gasteiger partial charge in [0.2, 0.25) is 5.91 Å². The van der Waals surface area contributed by atoms with Crippen molar-refractivity contribution < 1.29 is 13.9 Å². The van der Waals surface area contributed by atoms with Gasteiger partial charge >= 0.3 is 0 Å². The third-order valence-corrected chi connectivity index (χ3v) is 6.52. The Morgan fingerprint density at radius 2 is 1.72 bits per heavy atom. The summed E-state index contributed by atoms with van der Waals surface area (Å²) in [4.78, 5) is 24.2. The Balaban J connectivity index is 1.20. The first kappa shape index (κ1) is 20.8. The molecule has 1 aromatic heterocycles. The number of benzene rings is 2. The van der Waals surface area contributed by atoms with E-state index in [1.54, 1.807) is 0 Å². The molecule has 0 unspecified atom stereocenters. The van der Waals surface area contributed by atoms with Crippen LogP contribution in [0.5, 0.6) is 0 Å². The number of hydrogen-bond acceptors (Lipinski definition) is 6. The molecule has 2 fully saturated rings. The first-order valence-corrected chi connectivity index (χ1v) is 11.4. The van der Waals surface area contributed by atoms with Crippen molar-refractivity contribution in [3.63, 3.8) is 0 Å². The highest BCUT2D eigenvalue weighted by Gasteiger charge is 2.29. The van der Waals surface area contributed by atoms with Gasteiger partial charge in [0.1, 0.15) is 5.52 Å². The topological polar surface area (TPSA) is 62.1 Å². The third-order valence-electron chi connectivity index (χ3n) is 6.52. The normalized spacial score (nSPS) is 17.7. The van der Waals surface area contributed by atoms with Crippen LogP contribution in [0.4, 0.5) is 11.7 Å². The van der Waals surface area contributed by atoms with E-state index in [1.807, 2.05) is 36.2 Å². The Kier molecular flexibility index (Phi) is 5.99. The molecule has 2 aliphatic heterocycles. The molecule has 3 heterocycles. The lowest BCUT2D eigenvalue weighted by molar-refractivity contribution is -0.135. The number of morpholine rings is 1. The van der Waals surface area contributed by atoms with E-state index >= 15 is 0 Å². The van der Waals surface area contributed by atoms with Crippen molar-refractivity contribution in [2.24, 2.45) is 5.92 Å². The van der Waals surface area contributed by atoms with Crippen molar-refractivity contribution in [3.05, 3.63) is 54.1 Å². The molecule has 0 bridgehead atoms. The molecular weight excluding hydrogens is 404 g/mol. The van der Waals surface area contributed by atoms with Gasteiger partial charge in [-0.05, 0) is 36.6 Å². The number of nitrogens with zero attached hydrogens (tertiary/aromatic N) is 4. The molecule has 2 saturated heterocycles. The van der Waals surface area contributed by atoms with E-state index in [1.165, 1.54) is 11.3 Å². The fraction of sp³-hybridized carbons (Fsp3) is 0.440. The molecule has 0 saturated carbocycles. The summed E-state index contributed by atoms with van der Waals surface area (Å²) in [6.07, 6.45) is 1.63. The number of oxazole rings is 1. The smallest absolute Gasteiger partial charge is 0.298 e. The van der Waals surface area contributed by atoms with Crippen LogP contribution in [0.25, 0.3) is 11.1 Å². The van der Waals surface area contributed by atoms with E-state index in [2.05, 4.69) is 39.0 Å². The Morgan fingerprint density at radius 1 is 1.00 bits per heavy atom. The SMILES string of the molecule is CN(Cc1ccccc1N1CCOCC1)C(=O)C1CCN(c2nc3ccccc3o2)CC1. The first-order valence-electron chi connectivity index (χ1n) is 11.4. The number of carbonyl (C=O) groups excluding carboxylic acids is 1. The van der Waals surface area contributed by atoms with Crippen LogP contribution in [0.15, 0.2) is 52.9 Å². The predicted molar refractivity (Wildman–Crippen MR) is 125 cm³/mol. The van der Waals surface area contributed by atoms with Gasteiger partial charge in [0.25, 0.3) is 6.01 Å². The summed E-state index contributed by atoms with van der Waals surface area (Å²) < 4.78 is 11.4. The van der Waals surface area contributed by atoms with E-state index in [0.29, 0.717) is 12.6 Å². The van der Waals surface area contributed by atoms with Crippen molar-refractivity contribution in [1.29, 1.82) is 0 Å². The average Bonchev–Trinajstić information content (AvgIpc) is 3.29. The van der Waals surface area contributed by atoms with Crippen LogP contribution in [-0.2, 0) is 16.1 Å². The molecule has 7 heteroatoms. The van der Waals surface area contributed by atoms with Crippen molar-refractivity contribution >= 4 is 28.7 Å². The number of hydrogen-bond donors (Lipinski definition) is 0. The summed E-state index contributed by atoms with van der Waals surface area (Å²) >= 11 is 0. The Labute approximate surface area is 188 Å². The first-order chi connectivity index (χ1) is 15.7. The molecule has 3 aromatic rings. The van der Waals surface area contributed by atoms with Crippen molar-refractivity contribution in [1.82, 2.24) is 9.88 Å². The molecule has 2 aliphatic rings. The second-order valence-electron chi connectivity index (χ2n) is 8.65. The van der Waals surface area contributed by atoms with Gasteiger partial charge in [-0.3, -0.25) is 4.79 Å². The van der Waals surface area contributed by atoms with Gasteiger partial charge in [0.05, 0.1) is 13.2 Å². The molecular formula is C25H30N4O3. The number of anilines is 2. The number of ether oxygens (including phenoxy) is 1. The number of amides is 1. The number of aromatic nitrogens is 1. The Bertz CT molecular complexity index is 1030. The molecule has 5 rings (SSSR count). The third kappa shape index (κ3) is 4.30. The van der Waals surface area contributed by atoms with Crippen LogP contribution < -0.4 is 9.80 Å². The van der Waals surface area contributed by atoms with Crippen LogP contribution >= 0.6 is 0 Å². The zero-order valence-corrected chi connectivity index (χ0v) is 18.6. The van der Waals surface area contributed by atoms with E-state index in [4.69, 9.17) is 9.15 Å². The monoisotopic (exact) mass is 434 g/mol. The van der Waals surface area contributed by atoms with Gasteiger partial charge < -0.3 is 23.9 Å². The van der Waals surface area contributed by atoms with E-state index in [9.17, 15) is 4.79 Å². The molecule has 0 spiro atoms. The van der Waals surface area contributed by atoms with E-state index < -0.39 is 0 Å². The fourth-order valence-corrected chi connectivity index (χ4v) is 4.72. The lowest BCUT2D eigenvalue weighted by Crippen LogP contribution is -2.41. The summed E-state index contributed by atoms with van der Waals surface area (Å²) in [6.45, 7) is 5.47. The molecule has 0 atom stereocenters. The highest BCUT2D eigenvalue weighted by molar-refractivity contribution is 5.79. The van der Waals surface area contributed by atoms with Crippen molar-refractivity contribution in [3.8, 4) is 0 Å². The highest BCUT2D eigenvalue weighted by atomic mass is 16.5. The minimum Gasteiger partial charge on any atom is -0.423 e. The van der Waals surface area contributed by atoms with Crippen LogP contribution in [0, 0.1) is 5.92 Å². The summed E-state index contributed by atoms with van der Waals surface area (Å²) in [5, 5.41) is 0. The van der Waals surface area contributed by atoms with Crippen LogP contribution in [-0.4, -0.2) is 62.2 Å². The second-order valence-corrected chi connectivity index (χ2v) is 8.65. The maximum Gasteiger partial charge on any atom is 0.298 e. The van der Waals surface area contributed by atoms with Gasteiger partial charge in [0, 0.05) is 51.4 Å². The summed E-state index contributed by atoms with van der Waals surface area (Å²) in [5.74, 6) is 0.259. The molecule has 2 aromatic carbocycles. The molecule has 1 amide bonds. The Hall–Kier alpha value is -3.06. The van der Waals surface area contributed by atoms with Gasteiger partial charge in [-0.25, -0.2) is 0 Å². The van der Waals surface area contributed by atoms with Crippen molar-refractivity contribution in [2.45, 2.75) is 19.4 Å². The zero-order valence-electron chi connectivity index (χ0n) is 18.6. The minimum absolute atomic E-state index is 0.0381. The molecule has 168 valence electrons. The number of rotatable bonds is 5. The maximum atomic E-state index is 13.2. The standard InChI is InChI=1S/C25H30N4O3/c1-27(18-20-6-2-4-8-22(20)28-14-16-31-17-15-28)24(30)19-10-12-29(13-11-19)25-26-21-7-3-5-9-23(21)32-25/h2-9,19H,10-18H2,1H3. The van der Waals surface area contributed by atoms with Crippen LogP contribution in [0.3, 0.4) is 0 Å². The maximum absolute atomic E-state index is 13.2. The van der Waals surface area contributed by atoms with Gasteiger partial charge in [0.15, 0.2) is 5.58 Å². The lowest BCUT2D eigenvalue weighted by Gasteiger charge is -2.34. The molecule has 0 radical (unpaired) electrons. The van der Waals surface area contributed by atoms with Gasteiger partial charge in [-0.2, -0.15) is 4.98 Å². The number of fused-ring (bicyclic) bond motifs is 1. The fourth-order valence-electron chi connectivity index (χ4n) is 4.72. The summed E-state index contributed by atoms with van der Waals surface area (Å²) in [6, 6.07) is 16.9. The highest BCUT2D eigenvalue weighted by Crippen LogP contribution is 2.28. The minimum atomic E-state index is 0.0381. The summed E-state index contributed by atoms with van der Waals surface area (Å²) in [5.41, 5.74) is 4.08. The summed E-state index contributed by atoms with van der Waals surface area (Å²) in [7, 11) is 1.92. The van der Waals surface area contributed by atoms with E-state index in [-0.39, 0.29) is 11.8 Å². The molecule has 32 heavy (non-hydrogen) atoms. The molecule has 7 nitrogen and oxygen atoms in total. The van der Waals surface area contributed by atoms with Crippen LogP contribution in [0.2, 0.25) is 0 Å². The van der Waals surface area contributed by atoms with Gasteiger partial charge in [-0.1, -0.05) is 30.3 Å². The number of carbonyl (C=O) groups is 1. The number of para-hydroxylation sites is 3. The molecule has 0 aliphatic carbocycles. The van der Waals surface area contributed by atoms with E-state index in [0.717, 1.165) is 63.3 Å².